The van der Waals surface area contributed by atoms with Crippen molar-refractivity contribution in [3.8, 4) is 22.3 Å². The summed E-state index contributed by atoms with van der Waals surface area (Å²) < 4.78 is 0. The molecule has 0 unspecified atom stereocenters. The van der Waals surface area contributed by atoms with Crippen LogP contribution in [0.25, 0.3) is 62.9 Å². The number of fused-ring (bicyclic) bond motifs is 1. The lowest BCUT2D eigenvalue weighted by Gasteiger charge is -2.23. The molecule has 4 aromatic rings. The summed E-state index contributed by atoms with van der Waals surface area (Å²) in [7, 11) is 0. The average molecular weight is 477 g/mol. The minimum Gasteiger partial charge on any atom is -0.0990 e. The standard InChI is InChI=1S/C37H32/c1-7-18-27(19-8-2)36-30(11-5)31(12-6)37(34-23-17-16-22-33(34)36)35-25-24-32(26-20-14-13-15-21-26)28(9-3)29(35)10-4/h7-25H,1,3-6H2,2H3/b19-8-,27-18+. The zero-order chi connectivity index (χ0) is 26.4. The minimum absolute atomic E-state index is 1.04. The van der Waals surface area contributed by atoms with Gasteiger partial charge in [0.15, 0.2) is 0 Å². The maximum atomic E-state index is 4.24. The predicted octanol–water partition coefficient (Wildman–Crippen LogP) is 10.9. The Labute approximate surface area is 221 Å². The molecule has 4 aromatic carbocycles. The lowest BCUT2D eigenvalue weighted by molar-refractivity contribution is 1.53. The average Bonchev–Trinajstić information content (AvgIpc) is 2.95. The number of rotatable bonds is 9. The van der Waals surface area contributed by atoms with Crippen LogP contribution >= 0.6 is 0 Å². The molecule has 0 saturated heterocycles. The van der Waals surface area contributed by atoms with E-state index in [1.165, 1.54) is 0 Å². The van der Waals surface area contributed by atoms with Crippen molar-refractivity contribution in [1.29, 1.82) is 0 Å². The van der Waals surface area contributed by atoms with Gasteiger partial charge in [0, 0.05) is 0 Å². The number of allylic oxidation sites excluding steroid dienone is 5. The van der Waals surface area contributed by atoms with Crippen LogP contribution in [0.3, 0.4) is 0 Å². The van der Waals surface area contributed by atoms with Crippen LogP contribution in [0.4, 0.5) is 0 Å². The molecule has 0 radical (unpaired) electrons. The number of hydrogen-bond acceptors (Lipinski definition) is 0. The maximum Gasteiger partial charge on any atom is -0.00203 e. The van der Waals surface area contributed by atoms with Gasteiger partial charge in [-0.2, -0.15) is 0 Å². The van der Waals surface area contributed by atoms with Gasteiger partial charge in [-0.1, -0.05) is 148 Å². The van der Waals surface area contributed by atoms with E-state index in [0.29, 0.717) is 0 Å². The molecule has 0 spiro atoms. The molecular formula is C37H32. The molecule has 180 valence electrons. The van der Waals surface area contributed by atoms with Gasteiger partial charge in [-0.15, -0.1) is 0 Å². The molecule has 0 saturated carbocycles. The van der Waals surface area contributed by atoms with Crippen molar-refractivity contribution in [3.05, 3.63) is 152 Å². The quantitative estimate of drug-likeness (QED) is 0.211. The van der Waals surface area contributed by atoms with Crippen molar-refractivity contribution in [2.45, 2.75) is 6.92 Å². The summed E-state index contributed by atoms with van der Waals surface area (Å²) in [6.07, 6.45) is 15.8. The van der Waals surface area contributed by atoms with E-state index in [2.05, 4.69) is 99.6 Å². The third-order valence-corrected chi connectivity index (χ3v) is 6.68. The highest BCUT2D eigenvalue weighted by molar-refractivity contribution is 6.11. The van der Waals surface area contributed by atoms with Crippen LogP contribution in [0.15, 0.2) is 124 Å². The van der Waals surface area contributed by atoms with Crippen LogP contribution in [-0.2, 0) is 0 Å². The first-order valence-electron chi connectivity index (χ1n) is 12.4. The van der Waals surface area contributed by atoms with Crippen LogP contribution in [-0.4, -0.2) is 0 Å². The normalized spacial score (nSPS) is 11.4. The summed E-state index contributed by atoms with van der Waals surface area (Å²) in [4.78, 5) is 0. The fourth-order valence-corrected chi connectivity index (χ4v) is 5.20. The van der Waals surface area contributed by atoms with E-state index in [9.17, 15) is 0 Å². The summed E-state index contributed by atoms with van der Waals surface area (Å²) in [5, 5.41) is 2.29. The van der Waals surface area contributed by atoms with E-state index in [0.717, 1.165) is 66.4 Å². The molecular weight excluding hydrogens is 444 g/mol. The molecule has 0 N–H and O–H groups in total. The molecule has 0 nitrogen and oxygen atoms in total. The molecule has 0 heterocycles. The molecule has 0 bridgehead atoms. The van der Waals surface area contributed by atoms with Crippen LogP contribution < -0.4 is 0 Å². The lowest BCUT2D eigenvalue weighted by atomic mass is 9.80. The van der Waals surface area contributed by atoms with Gasteiger partial charge >= 0.3 is 0 Å². The van der Waals surface area contributed by atoms with Gasteiger partial charge in [0.25, 0.3) is 0 Å². The summed E-state index contributed by atoms with van der Waals surface area (Å²) >= 11 is 0. The van der Waals surface area contributed by atoms with Gasteiger partial charge in [0.05, 0.1) is 0 Å². The van der Waals surface area contributed by atoms with Crippen molar-refractivity contribution in [3.63, 3.8) is 0 Å². The van der Waals surface area contributed by atoms with Gasteiger partial charge in [0.2, 0.25) is 0 Å². The molecule has 4 rings (SSSR count). The van der Waals surface area contributed by atoms with E-state index in [1.54, 1.807) is 0 Å². The minimum atomic E-state index is 1.04. The molecule has 0 amide bonds. The van der Waals surface area contributed by atoms with Crippen molar-refractivity contribution in [2.75, 3.05) is 0 Å². The Morgan fingerprint density at radius 1 is 0.595 bits per heavy atom. The highest BCUT2D eigenvalue weighted by atomic mass is 14.2. The second-order valence-electron chi connectivity index (χ2n) is 8.65. The van der Waals surface area contributed by atoms with Crippen molar-refractivity contribution in [1.82, 2.24) is 0 Å². The molecule has 0 aromatic heterocycles. The Morgan fingerprint density at radius 3 is 1.76 bits per heavy atom. The summed E-state index contributed by atoms with van der Waals surface area (Å²) in [6, 6.07) is 23.3. The van der Waals surface area contributed by atoms with E-state index in [1.807, 2.05) is 55.5 Å². The van der Waals surface area contributed by atoms with E-state index in [-0.39, 0.29) is 0 Å². The Morgan fingerprint density at radius 2 is 1.16 bits per heavy atom. The summed E-state index contributed by atoms with van der Waals surface area (Å²) in [5.74, 6) is 0. The van der Waals surface area contributed by atoms with Gasteiger partial charge in [-0.25, -0.2) is 0 Å². The third-order valence-electron chi connectivity index (χ3n) is 6.68. The molecule has 0 heteroatoms. The fourth-order valence-electron chi connectivity index (χ4n) is 5.20. The monoisotopic (exact) mass is 476 g/mol. The Balaban J connectivity index is 2.19. The second kappa shape index (κ2) is 11.4. The SMILES string of the molecule is C=C/C=C(\C=C/C)c1c(C=C)c(C=C)c(-c2ccc(-c3ccccc3)c(C=C)c2C=C)c2ccccc12. The number of benzene rings is 4. The molecule has 0 aliphatic heterocycles. The van der Waals surface area contributed by atoms with Crippen molar-refractivity contribution in [2.24, 2.45) is 0 Å². The smallest absolute Gasteiger partial charge is 0.00203 e. The Bertz CT molecular complexity index is 1590. The first-order chi connectivity index (χ1) is 18.1. The number of hydrogen-bond donors (Lipinski definition) is 0. The highest BCUT2D eigenvalue weighted by Crippen LogP contribution is 2.44. The second-order valence-corrected chi connectivity index (χ2v) is 8.65. The molecule has 0 fully saturated rings. The van der Waals surface area contributed by atoms with Gasteiger partial charge < -0.3 is 0 Å². The van der Waals surface area contributed by atoms with Crippen LogP contribution in [0.5, 0.6) is 0 Å². The highest BCUT2D eigenvalue weighted by Gasteiger charge is 2.21. The first kappa shape index (κ1) is 25.4. The zero-order valence-corrected chi connectivity index (χ0v) is 21.5. The van der Waals surface area contributed by atoms with Crippen molar-refractivity contribution >= 4 is 40.6 Å². The molecule has 0 aliphatic carbocycles. The predicted molar refractivity (Wildman–Crippen MR) is 168 cm³/mol. The maximum absolute atomic E-state index is 4.24. The van der Waals surface area contributed by atoms with Gasteiger partial charge in [-0.05, 0) is 73.3 Å². The summed E-state index contributed by atoms with van der Waals surface area (Å²) in [6.45, 7) is 22.8. The van der Waals surface area contributed by atoms with Crippen LogP contribution in [0, 0.1) is 0 Å². The lowest BCUT2D eigenvalue weighted by Crippen LogP contribution is -2.00. The van der Waals surface area contributed by atoms with Crippen molar-refractivity contribution < 1.29 is 0 Å². The summed E-state index contributed by atoms with van der Waals surface area (Å²) in [5.41, 5.74) is 10.8. The van der Waals surface area contributed by atoms with Gasteiger partial charge in [-0.3, -0.25) is 0 Å². The molecule has 0 atom stereocenters. The van der Waals surface area contributed by atoms with E-state index in [4.69, 9.17) is 0 Å². The Kier molecular flexibility index (Phi) is 7.81. The van der Waals surface area contributed by atoms with Crippen LogP contribution in [0.1, 0.15) is 34.7 Å². The van der Waals surface area contributed by atoms with E-state index >= 15 is 0 Å². The first-order valence-corrected chi connectivity index (χ1v) is 12.4. The third kappa shape index (κ3) is 4.50. The fraction of sp³-hybridized carbons (Fsp3) is 0.0270. The largest absolute Gasteiger partial charge is 0.0990 e. The van der Waals surface area contributed by atoms with Gasteiger partial charge in [0.1, 0.15) is 0 Å². The molecule has 0 aliphatic rings. The topological polar surface area (TPSA) is 0 Å². The molecule has 37 heavy (non-hydrogen) atoms. The van der Waals surface area contributed by atoms with Crippen LogP contribution in [0.2, 0.25) is 0 Å². The van der Waals surface area contributed by atoms with E-state index < -0.39 is 0 Å². The Hall–Kier alpha value is -4.68. The zero-order valence-electron chi connectivity index (χ0n) is 21.5.